The molecule has 8 heteroatoms. The predicted octanol–water partition coefficient (Wildman–Crippen LogP) is 3.66. The lowest BCUT2D eigenvalue weighted by Gasteiger charge is -2.32. The van der Waals surface area contributed by atoms with Crippen molar-refractivity contribution in [3.05, 3.63) is 59.5 Å². The smallest absolute Gasteiger partial charge is 0.194 e. The van der Waals surface area contributed by atoms with Gasteiger partial charge in [0.25, 0.3) is 0 Å². The summed E-state index contributed by atoms with van der Waals surface area (Å²) < 4.78 is 19.1. The van der Waals surface area contributed by atoms with Crippen molar-refractivity contribution in [1.29, 1.82) is 0 Å². The van der Waals surface area contributed by atoms with Gasteiger partial charge in [0.1, 0.15) is 11.6 Å². The zero-order valence-corrected chi connectivity index (χ0v) is 20.2. The number of guanidine groups is 1. The fraction of sp³-hybridized carbons (Fsp3) is 0.455. The van der Waals surface area contributed by atoms with Gasteiger partial charge in [0.15, 0.2) is 5.96 Å². The molecule has 0 aliphatic carbocycles. The molecule has 1 fully saturated rings. The molecule has 1 saturated heterocycles. The second-order valence-corrected chi connectivity index (χ2v) is 7.31. The van der Waals surface area contributed by atoms with Gasteiger partial charge in [-0.1, -0.05) is 12.1 Å². The molecule has 0 bridgehead atoms. The van der Waals surface area contributed by atoms with Gasteiger partial charge in [-0.3, -0.25) is 0 Å². The predicted molar refractivity (Wildman–Crippen MR) is 130 cm³/mol. The molecule has 1 atom stereocenters. The number of hydrogen-bond acceptors (Lipinski definition) is 4. The number of ether oxygens (including phenoxy) is 1. The maximum Gasteiger partial charge on any atom is 0.194 e. The summed E-state index contributed by atoms with van der Waals surface area (Å²) in [6.07, 6.45) is 2.05. The molecule has 0 radical (unpaired) electrons. The van der Waals surface area contributed by atoms with Crippen molar-refractivity contribution in [2.75, 3.05) is 38.2 Å². The third-order valence-electron chi connectivity index (χ3n) is 4.79. The van der Waals surface area contributed by atoms with Gasteiger partial charge in [-0.2, -0.15) is 0 Å². The number of rotatable bonds is 6. The van der Waals surface area contributed by atoms with Crippen LogP contribution in [0.1, 0.15) is 25.0 Å². The zero-order chi connectivity index (χ0) is 20.6. The van der Waals surface area contributed by atoms with Crippen molar-refractivity contribution in [3.8, 4) is 0 Å². The number of nitrogens with one attached hydrogen (secondary N) is 1. The van der Waals surface area contributed by atoms with E-state index < -0.39 is 0 Å². The summed E-state index contributed by atoms with van der Waals surface area (Å²) in [7, 11) is 1.96. The summed E-state index contributed by atoms with van der Waals surface area (Å²) in [5, 5.41) is 3.31. The Hall–Kier alpha value is -1.94. The van der Waals surface area contributed by atoms with E-state index in [1.807, 2.05) is 37.2 Å². The van der Waals surface area contributed by atoms with Crippen molar-refractivity contribution in [2.24, 2.45) is 4.99 Å². The Morgan fingerprint density at radius 2 is 2.17 bits per heavy atom. The van der Waals surface area contributed by atoms with Gasteiger partial charge < -0.3 is 19.9 Å². The summed E-state index contributed by atoms with van der Waals surface area (Å²) >= 11 is 0. The van der Waals surface area contributed by atoms with Crippen molar-refractivity contribution in [2.45, 2.75) is 33.0 Å². The highest BCUT2D eigenvalue weighted by Crippen LogP contribution is 2.17. The highest BCUT2D eigenvalue weighted by atomic mass is 127. The van der Waals surface area contributed by atoms with Crippen LogP contribution in [-0.4, -0.2) is 55.2 Å². The molecule has 2 aromatic rings. The zero-order valence-electron chi connectivity index (χ0n) is 17.8. The normalized spacial score (nSPS) is 16.7. The second-order valence-electron chi connectivity index (χ2n) is 7.31. The van der Waals surface area contributed by atoms with Gasteiger partial charge in [0.2, 0.25) is 0 Å². The first kappa shape index (κ1) is 24.3. The van der Waals surface area contributed by atoms with Crippen LogP contribution in [0.15, 0.2) is 47.6 Å². The molecule has 0 spiro atoms. The molecule has 30 heavy (non-hydrogen) atoms. The maximum atomic E-state index is 13.5. The summed E-state index contributed by atoms with van der Waals surface area (Å²) in [5.41, 5.74) is 2.01. The van der Waals surface area contributed by atoms with E-state index in [2.05, 4.69) is 28.2 Å². The third-order valence-corrected chi connectivity index (χ3v) is 4.79. The average Bonchev–Trinajstić information content (AvgIpc) is 2.71. The van der Waals surface area contributed by atoms with E-state index in [0.29, 0.717) is 13.1 Å². The number of pyridine rings is 1. The van der Waals surface area contributed by atoms with Crippen molar-refractivity contribution < 1.29 is 9.13 Å². The Bertz CT molecular complexity index is 835. The minimum atomic E-state index is -0.223. The molecule has 3 rings (SSSR count). The maximum absolute atomic E-state index is 13.5. The molecular weight excluding hydrogens is 496 g/mol. The van der Waals surface area contributed by atoms with E-state index in [0.717, 1.165) is 49.1 Å². The number of aliphatic imine (C=N–C) groups is 1. The van der Waals surface area contributed by atoms with Gasteiger partial charge >= 0.3 is 0 Å². The van der Waals surface area contributed by atoms with E-state index in [4.69, 9.17) is 9.73 Å². The molecule has 1 unspecified atom stereocenters. The Labute approximate surface area is 195 Å². The van der Waals surface area contributed by atoms with E-state index in [-0.39, 0.29) is 35.9 Å². The molecule has 1 aromatic carbocycles. The second kappa shape index (κ2) is 12.0. The van der Waals surface area contributed by atoms with Gasteiger partial charge in [-0.05, 0) is 49.2 Å². The van der Waals surface area contributed by atoms with E-state index in [1.165, 1.54) is 6.07 Å². The molecule has 0 amide bonds. The van der Waals surface area contributed by atoms with Gasteiger partial charge in [0, 0.05) is 39.4 Å². The van der Waals surface area contributed by atoms with Crippen LogP contribution in [0.4, 0.5) is 10.2 Å². The number of nitrogens with zero attached hydrogens (tertiary/aromatic N) is 4. The van der Waals surface area contributed by atoms with E-state index in [1.54, 1.807) is 12.1 Å². The molecule has 1 aliphatic rings. The number of halogens is 2. The largest absolute Gasteiger partial charge is 0.375 e. The lowest BCUT2D eigenvalue weighted by molar-refractivity contribution is 0.0529. The fourth-order valence-corrected chi connectivity index (χ4v) is 3.38. The first-order valence-corrected chi connectivity index (χ1v) is 10.1. The molecule has 0 saturated carbocycles. The molecular formula is C22H31FIN5O. The van der Waals surface area contributed by atoms with Crippen molar-refractivity contribution in [1.82, 2.24) is 15.2 Å². The van der Waals surface area contributed by atoms with Crippen LogP contribution in [-0.2, 0) is 17.8 Å². The Kier molecular flexibility index (Phi) is 9.77. The fourth-order valence-electron chi connectivity index (χ4n) is 3.38. The van der Waals surface area contributed by atoms with E-state index >= 15 is 0 Å². The Balaban J connectivity index is 0.00000320. The average molecular weight is 527 g/mol. The minimum absolute atomic E-state index is 0. The standard InChI is InChI=1S/C22H30FN5O.HI/c1-4-24-22(27(3)16-19-6-5-7-20(23)12-19)26-14-18-8-9-25-21(13-18)28-10-11-29-17(2)15-28;/h5-9,12-13,17H,4,10-11,14-16H2,1-3H3,(H,24,26);1H. The highest BCUT2D eigenvalue weighted by molar-refractivity contribution is 14.0. The number of morpholine rings is 1. The molecule has 164 valence electrons. The molecule has 1 aliphatic heterocycles. The Morgan fingerprint density at radius 3 is 2.90 bits per heavy atom. The lowest BCUT2D eigenvalue weighted by Crippen LogP contribution is -2.41. The monoisotopic (exact) mass is 527 g/mol. The number of aromatic nitrogens is 1. The van der Waals surface area contributed by atoms with Crippen LogP contribution < -0.4 is 10.2 Å². The van der Waals surface area contributed by atoms with Crippen LogP contribution >= 0.6 is 24.0 Å². The summed E-state index contributed by atoms with van der Waals surface area (Å²) in [5.74, 6) is 1.53. The van der Waals surface area contributed by atoms with Crippen LogP contribution in [0.25, 0.3) is 0 Å². The summed E-state index contributed by atoms with van der Waals surface area (Å²) in [6, 6.07) is 10.7. The highest BCUT2D eigenvalue weighted by Gasteiger charge is 2.18. The number of hydrogen-bond donors (Lipinski definition) is 1. The topological polar surface area (TPSA) is 53.0 Å². The van der Waals surface area contributed by atoms with Gasteiger partial charge in [-0.25, -0.2) is 14.4 Å². The summed E-state index contributed by atoms with van der Waals surface area (Å²) in [4.78, 5) is 13.5. The van der Waals surface area contributed by atoms with Crippen molar-refractivity contribution in [3.63, 3.8) is 0 Å². The quantitative estimate of drug-likeness (QED) is 0.353. The van der Waals surface area contributed by atoms with Crippen LogP contribution in [0.5, 0.6) is 0 Å². The molecule has 1 N–H and O–H groups in total. The van der Waals surface area contributed by atoms with E-state index in [9.17, 15) is 4.39 Å². The Morgan fingerprint density at radius 1 is 1.33 bits per heavy atom. The SMILES string of the molecule is CCNC(=NCc1ccnc(N2CCOC(C)C2)c1)N(C)Cc1cccc(F)c1.I. The van der Waals surface area contributed by atoms with Gasteiger partial charge in [0.05, 0.1) is 19.3 Å². The van der Waals surface area contributed by atoms with Crippen LogP contribution in [0.2, 0.25) is 0 Å². The van der Waals surface area contributed by atoms with Crippen LogP contribution in [0, 0.1) is 5.82 Å². The third kappa shape index (κ3) is 7.09. The molecule has 6 nitrogen and oxygen atoms in total. The first-order chi connectivity index (χ1) is 14.0. The first-order valence-electron chi connectivity index (χ1n) is 10.1. The number of benzene rings is 1. The molecule has 2 heterocycles. The van der Waals surface area contributed by atoms with Crippen molar-refractivity contribution >= 4 is 35.8 Å². The van der Waals surface area contributed by atoms with Crippen LogP contribution in [0.3, 0.4) is 0 Å². The minimum Gasteiger partial charge on any atom is -0.375 e. The lowest BCUT2D eigenvalue weighted by atomic mass is 10.2. The number of anilines is 1. The molecule has 1 aromatic heterocycles. The summed E-state index contributed by atoms with van der Waals surface area (Å²) in [6.45, 7) is 8.43. The van der Waals surface area contributed by atoms with Gasteiger partial charge in [-0.15, -0.1) is 24.0 Å².